The monoisotopic (exact) mass is 366 g/mol. The van der Waals surface area contributed by atoms with E-state index in [0.717, 1.165) is 36.9 Å². The highest BCUT2D eigenvalue weighted by Crippen LogP contribution is 2.17. The Kier molecular flexibility index (Phi) is 4.70. The quantitative estimate of drug-likeness (QED) is 0.759. The molecule has 8 nitrogen and oxygen atoms in total. The standard InChI is InChI=1S/C19H22N6O2/c1-13-7-9-15(10-8-13)25-18-17(22-23-25)19(27)24(12-20-18)11-16(26)21-14-5-3-2-4-6-14/h7-10,12,14H,2-6,11H2,1H3,(H,21,26). The molecule has 0 atom stereocenters. The van der Waals surface area contributed by atoms with Crippen molar-refractivity contribution < 1.29 is 4.79 Å². The van der Waals surface area contributed by atoms with Crippen LogP contribution in [-0.4, -0.2) is 36.5 Å². The molecule has 140 valence electrons. The zero-order chi connectivity index (χ0) is 18.8. The van der Waals surface area contributed by atoms with Crippen molar-refractivity contribution in [2.45, 2.75) is 51.6 Å². The van der Waals surface area contributed by atoms with E-state index in [4.69, 9.17) is 0 Å². The zero-order valence-corrected chi connectivity index (χ0v) is 15.3. The summed E-state index contributed by atoms with van der Waals surface area (Å²) in [5, 5.41) is 11.1. The van der Waals surface area contributed by atoms with Crippen molar-refractivity contribution in [2.24, 2.45) is 0 Å². The number of hydrogen-bond acceptors (Lipinski definition) is 5. The molecule has 2 aromatic heterocycles. The van der Waals surface area contributed by atoms with Crippen LogP contribution in [0, 0.1) is 6.92 Å². The van der Waals surface area contributed by atoms with Gasteiger partial charge in [0.1, 0.15) is 12.9 Å². The first-order chi connectivity index (χ1) is 13.1. The molecule has 4 rings (SSSR count). The Labute approximate surface area is 156 Å². The molecule has 1 aliphatic rings. The fraction of sp³-hybridized carbons (Fsp3) is 0.421. The van der Waals surface area contributed by atoms with E-state index in [-0.39, 0.29) is 29.6 Å². The predicted molar refractivity (Wildman–Crippen MR) is 101 cm³/mol. The highest BCUT2D eigenvalue weighted by Gasteiger charge is 2.18. The van der Waals surface area contributed by atoms with Gasteiger partial charge in [-0.2, -0.15) is 4.68 Å². The van der Waals surface area contributed by atoms with Gasteiger partial charge in [0.2, 0.25) is 5.91 Å². The van der Waals surface area contributed by atoms with Crippen LogP contribution in [0.5, 0.6) is 0 Å². The molecule has 0 saturated heterocycles. The highest BCUT2D eigenvalue weighted by molar-refractivity contribution is 5.77. The summed E-state index contributed by atoms with van der Waals surface area (Å²) < 4.78 is 2.82. The SMILES string of the molecule is Cc1ccc(-n2nnc3c(=O)n(CC(=O)NC4CCCCC4)cnc32)cc1. The highest BCUT2D eigenvalue weighted by atomic mass is 16.2. The first-order valence-electron chi connectivity index (χ1n) is 9.29. The number of benzene rings is 1. The van der Waals surface area contributed by atoms with Crippen molar-refractivity contribution in [1.82, 2.24) is 29.9 Å². The van der Waals surface area contributed by atoms with Gasteiger partial charge < -0.3 is 5.32 Å². The minimum atomic E-state index is -0.364. The van der Waals surface area contributed by atoms with Crippen molar-refractivity contribution in [3.05, 3.63) is 46.5 Å². The molecule has 1 fully saturated rings. The Hall–Kier alpha value is -3.03. The molecule has 0 spiro atoms. The number of carbonyl (C=O) groups is 1. The number of rotatable bonds is 4. The summed E-state index contributed by atoms with van der Waals surface area (Å²) in [5.41, 5.74) is 2.08. The van der Waals surface area contributed by atoms with Gasteiger partial charge in [0.15, 0.2) is 11.2 Å². The van der Waals surface area contributed by atoms with E-state index in [9.17, 15) is 9.59 Å². The van der Waals surface area contributed by atoms with Crippen LogP contribution in [-0.2, 0) is 11.3 Å². The normalized spacial score (nSPS) is 15.1. The molecule has 0 bridgehead atoms. The van der Waals surface area contributed by atoms with E-state index in [1.807, 2.05) is 31.2 Å². The number of amides is 1. The molecule has 0 radical (unpaired) electrons. The maximum atomic E-state index is 12.7. The molecule has 2 heterocycles. The van der Waals surface area contributed by atoms with Gasteiger partial charge in [-0.3, -0.25) is 14.2 Å². The van der Waals surface area contributed by atoms with Crippen LogP contribution in [0.15, 0.2) is 35.4 Å². The second kappa shape index (κ2) is 7.30. The lowest BCUT2D eigenvalue weighted by Crippen LogP contribution is -2.39. The molecule has 1 aliphatic carbocycles. The third kappa shape index (κ3) is 3.60. The van der Waals surface area contributed by atoms with E-state index < -0.39 is 0 Å². The molecule has 1 amide bonds. The molecule has 1 N–H and O–H groups in total. The van der Waals surface area contributed by atoms with Crippen LogP contribution in [0.2, 0.25) is 0 Å². The molecule has 0 aliphatic heterocycles. The summed E-state index contributed by atoms with van der Waals surface area (Å²) in [7, 11) is 0. The Balaban J connectivity index is 1.56. The van der Waals surface area contributed by atoms with Gasteiger partial charge >= 0.3 is 0 Å². The van der Waals surface area contributed by atoms with Crippen molar-refractivity contribution in [3.8, 4) is 5.69 Å². The van der Waals surface area contributed by atoms with Crippen molar-refractivity contribution in [1.29, 1.82) is 0 Å². The lowest BCUT2D eigenvalue weighted by atomic mass is 9.95. The fourth-order valence-corrected chi connectivity index (χ4v) is 3.49. The van der Waals surface area contributed by atoms with Crippen LogP contribution in [0.3, 0.4) is 0 Å². The van der Waals surface area contributed by atoms with Gasteiger partial charge in [0.25, 0.3) is 5.56 Å². The number of fused-ring (bicyclic) bond motifs is 1. The molecular weight excluding hydrogens is 344 g/mol. The minimum Gasteiger partial charge on any atom is -0.352 e. The molecule has 0 unspecified atom stereocenters. The van der Waals surface area contributed by atoms with Gasteiger partial charge in [-0.15, -0.1) is 5.10 Å². The molecular formula is C19H22N6O2. The van der Waals surface area contributed by atoms with Crippen LogP contribution in [0.25, 0.3) is 16.9 Å². The zero-order valence-electron chi connectivity index (χ0n) is 15.3. The van der Waals surface area contributed by atoms with E-state index in [2.05, 4.69) is 20.6 Å². The Morgan fingerprint density at radius 3 is 2.67 bits per heavy atom. The Morgan fingerprint density at radius 2 is 1.93 bits per heavy atom. The van der Waals surface area contributed by atoms with Crippen LogP contribution in [0.4, 0.5) is 0 Å². The second-order valence-corrected chi connectivity index (χ2v) is 7.09. The minimum absolute atomic E-state index is 0.0599. The van der Waals surface area contributed by atoms with Crippen LogP contribution < -0.4 is 10.9 Å². The van der Waals surface area contributed by atoms with Gasteiger partial charge in [0.05, 0.1) is 5.69 Å². The average molecular weight is 366 g/mol. The van der Waals surface area contributed by atoms with E-state index in [1.54, 1.807) is 0 Å². The largest absolute Gasteiger partial charge is 0.352 e. The first kappa shape index (κ1) is 17.4. The summed E-state index contributed by atoms with van der Waals surface area (Å²) >= 11 is 0. The van der Waals surface area contributed by atoms with Gasteiger partial charge in [-0.1, -0.05) is 42.2 Å². The molecule has 27 heavy (non-hydrogen) atoms. The Morgan fingerprint density at radius 1 is 1.19 bits per heavy atom. The summed E-state index contributed by atoms with van der Waals surface area (Å²) in [6.45, 7) is 1.94. The summed E-state index contributed by atoms with van der Waals surface area (Å²) in [6.07, 6.45) is 6.90. The second-order valence-electron chi connectivity index (χ2n) is 7.09. The number of nitrogens with zero attached hydrogens (tertiary/aromatic N) is 5. The van der Waals surface area contributed by atoms with E-state index >= 15 is 0 Å². The lowest BCUT2D eigenvalue weighted by molar-refractivity contribution is -0.122. The summed E-state index contributed by atoms with van der Waals surface area (Å²) in [4.78, 5) is 29.3. The average Bonchev–Trinajstić information content (AvgIpc) is 3.10. The smallest absolute Gasteiger partial charge is 0.284 e. The molecule has 1 saturated carbocycles. The molecule has 1 aromatic carbocycles. The number of hydrogen-bond donors (Lipinski definition) is 1. The topological polar surface area (TPSA) is 94.7 Å². The third-order valence-electron chi connectivity index (χ3n) is 4.99. The summed E-state index contributed by atoms with van der Waals surface area (Å²) in [5.74, 6) is -0.170. The molecule has 3 aromatic rings. The van der Waals surface area contributed by atoms with Crippen molar-refractivity contribution >= 4 is 17.1 Å². The first-order valence-corrected chi connectivity index (χ1v) is 9.29. The van der Waals surface area contributed by atoms with Gasteiger partial charge in [0, 0.05) is 6.04 Å². The van der Waals surface area contributed by atoms with Crippen molar-refractivity contribution in [3.63, 3.8) is 0 Å². The predicted octanol–water partition coefficient (Wildman–Crippen LogP) is 1.73. The molecule has 8 heteroatoms. The van der Waals surface area contributed by atoms with Crippen LogP contribution >= 0.6 is 0 Å². The number of aromatic nitrogens is 5. The van der Waals surface area contributed by atoms with E-state index in [1.165, 1.54) is 22.0 Å². The lowest BCUT2D eigenvalue weighted by Gasteiger charge is -2.22. The van der Waals surface area contributed by atoms with Gasteiger partial charge in [-0.05, 0) is 31.9 Å². The van der Waals surface area contributed by atoms with Crippen LogP contribution in [0.1, 0.15) is 37.7 Å². The maximum Gasteiger partial charge on any atom is 0.284 e. The van der Waals surface area contributed by atoms with Gasteiger partial charge in [-0.25, -0.2) is 4.98 Å². The number of nitrogens with one attached hydrogen (secondary N) is 1. The fourth-order valence-electron chi connectivity index (χ4n) is 3.49. The third-order valence-corrected chi connectivity index (χ3v) is 4.99. The Bertz CT molecular complexity index is 1010. The van der Waals surface area contributed by atoms with E-state index in [0.29, 0.717) is 5.65 Å². The maximum absolute atomic E-state index is 12.7. The number of carbonyl (C=O) groups excluding carboxylic acids is 1. The summed E-state index contributed by atoms with van der Waals surface area (Å²) in [6, 6.07) is 7.92. The number of aryl methyl sites for hydroxylation is 1. The van der Waals surface area contributed by atoms with Crippen molar-refractivity contribution in [2.75, 3.05) is 0 Å².